The predicted octanol–water partition coefficient (Wildman–Crippen LogP) is 1.30. The molecule has 1 aliphatic heterocycles. The molecule has 0 aromatic carbocycles. The highest BCUT2D eigenvalue weighted by molar-refractivity contribution is 5.49. The number of aryl methyl sites for hydroxylation is 1. The zero-order valence-corrected chi connectivity index (χ0v) is 11.3. The lowest BCUT2D eigenvalue weighted by molar-refractivity contribution is 0.555. The number of nitrogens with one attached hydrogen (secondary N) is 1. The van der Waals surface area contributed by atoms with Crippen molar-refractivity contribution < 1.29 is 0 Å². The van der Waals surface area contributed by atoms with Crippen molar-refractivity contribution in [2.45, 2.75) is 26.4 Å². The van der Waals surface area contributed by atoms with E-state index in [1.165, 1.54) is 0 Å². The highest BCUT2D eigenvalue weighted by Gasteiger charge is 2.18. The van der Waals surface area contributed by atoms with Crippen LogP contribution in [-0.2, 0) is 19.5 Å². The van der Waals surface area contributed by atoms with Crippen LogP contribution in [0.4, 0.5) is 11.6 Å². The lowest BCUT2D eigenvalue weighted by Gasteiger charge is -2.29. The van der Waals surface area contributed by atoms with Crippen molar-refractivity contribution in [1.82, 2.24) is 19.5 Å². The largest absolute Gasteiger partial charge is 0.373 e. The van der Waals surface area contributed by atoms with Crippen LogP contribution in [0, 0.1) is 0 Å². The normalized spacial score (nSPS) is 14.3. The SMILES string of the molecule is CCc1nc(NC)cc(N2CCn3ccnc3C2)n1. The topological polar surface area (TPSA) is 58.9 Å². The van der Waals surface area contributed by atoms with Crippen LogP contribution < -0.4 is 10.2 Å². The number of hydrogen-bond donors (Lipinski definition) is 1. The first kappa shape index (κ1) is 12.0. The molecule has 0 radical (unpaired) electrons. The van der Waals surface area contributed by atoms with E-state index < -0.39 is 0 Å². The number of rotatable bonds is 3. The van der Waals surface area contributed by atoms with Crippen LogP contribution in [0.1, 0.15) is 18.6 Å². The molecule has 1 N–H and O–H groups in total. The quantitative estimate of drug-likeness (QED) is 0.899. The molecule has 0 atom stereocenters. The van der Waals surface area contributed by atoms with Crippen LogP contribution in [0.2, 0.25) is 0 Å². The molecule has 1 aliphatic rings. The molecule has 0 spiro atoms. The maximum absolute atomic E-state index is 4.62. The number of fused-ring (bicyclic) bond motifs is 1. The van der Waals surface area contributed by atoms with E-state index in [9.17, 15) is 0 Å². The lowest BCUT2D eigenvalue weighted by atomic mass is 10.3. The standard InChI is InChI=1S/C13H18N6/c1-3-10-16-11(14-2)8-12(17-10)19-7-6-18-5-4-15-13(18)9-19/h4-5,8H,3,6-7,9H2,1-2H3,(H,14,16,17). The summed E-state index contributed by atoms with van der Waals surface area (Å²) in [6.07, 6.45) is 4.73. The van der Waals surface area contributed by atoms with Gasteiger partial charge in [-0.1, -0.05) is 6.92 Å². The average Bonchev–Trinajstić information content (AvgIpc) is 2.94. The molecule has 0 bridgehead atoms. The van der Waals surface area contributed by atoms with Gasteiger partial charge in [0.25, 0.3) is 0 Å². The minimum absolute atomic E-state index is 0.802. The molecule has 0 saturated heterocycles. The van der Waals surface area contributed by atoms with Gasteiger partial charge in [0.2, 0.25) is 0 Å². The maximum atomic E-state index is 4.62. The Bertz CT molecular complexity index is 554. The van der Waals surface area contributed by atoms with E-state index >= 15 is 0 Å². The summed E-state index contributed by atoms with van der Waals surface area (Å²) < 4.78 is 2.19. The first-order valence-corrected chi connectivity index (χ1v) is 6.61. The van der Waals surface area contributed by atoms with Gasteiger partial charge in [-0.15, -0.1) is 0 Å². The molecule has 0 amide bonds. The fourth-order valence-electron chi connectivity index (χ4n) is 2.30. The number of imidazole rings is 1. The third-order valence-electron chi connectivity index (χ3n) is 3.40. The highest BCUT2D eigenvalue weighted by atomic mass is 15.3. The predicted molar refractivity (Wildman–Crippen MR) is 74.2 cm³/mol. The zero-order chi connectivity index (χ0) is 13.2. The zero-order valence-electron chi connectivity index (χ0n) is 11.3. The number of nitrogens with zero attached hydrogens (tertiary/aromatic N) is 5. The van der Waals surface area contributed by atoms with Gasteiger partial charge in [-0.3, -0.25) is 0 Å². The summed E-state index contributed by atoms with van der Waals surface area (Å²) in [7, 11) is 1.88. The van der Waals surface area contributed by atoms with Crippen LogP contribution in [-0.4, -0.2) is 33.1 Å². The van der Waals surface area contributed by atoms with Crippen molar-refractivity contribution in [3.63, 3.8) is 0 Å². The molecule has 3 heterocycles. The first-order valence-electron chi connectivity index (χ1n) is 6.61. The van der Waals surface area contributed by atoms with E-state index in [0.717, 1.165) is 49.3 Å². The van der Waals surface area contributed by atoms with Crippen molar-refractivity contribution in [3.8, 4) is 0 Å². The van der Waals surface area contributed by atoms with Crippen molar-refractivity contribution in [1.29, 1.82) is 0 Å². The Balaban J connectivity index is 1.90. The second kappa shape index (κ2) is 4.87. The van der Waals surface area contributed by atoms with Gasteiger partial charge in [-0.05, 0) is 0 Å². The molecular weight excluding hydrogens is 240 g/mol. The van der Waals surface area contributed by atoms with E-state index in [0.29, 0.717) is 0 Å². The van der Waals surface area contributed by atoms with E-state index in [1.807, 2.05) is 25.5 Å². The van der Waals surface area contributed by atoms with Crippen LogP contribution in [0.25, 0.3) is 0 Å². The highest BCUT2D eigenvalue weighted by Crippen LogP contribution is 2.20. The summed E-state index contributed by atoms with van der Waals surface area (Å²) in [6.45, 7) is 4.78. The molecule has 2 aromatic heterocycles. The second-order valence-electron chi connectivity index (χ2n) is 4.59. The van der Waals surface area contributed by atoms with Gasteiger partial charge in [0, 0.05) is 45.0 Å². The Morgan fingerprint density at radius 1 is 1.32 bits per heavy atom. The fourth-order valence-corrected chi connectivity index (χ4v) is 2.30. The molecule has 100 valence electrons. The third kappa shape index (κ3) is 2.25. The van der Waals surface area contributed by atoms with Gasteiger partial charge in [0.1, 0.15) is 23.3 Å². The lowest BCUT2D eigenvalue weighted by Crippen LogP contribution is -2.34. The Kier molecular flexibility index (Phi) is 3.06. The van der Waals surface area contributed by atoms with Crippen molar-refractivity contribution in [2.75, 3.05) is 23.8 Å². The van der Waals surface area contributed by atoms with Crippen LogP contribution >= 0.6 is 0 Å². The Hall–Kier alpha value is -2.11. The Labute approximate surface area is 112 Å². The van der Waals surface area contributed by atoms with Crippen LogP contribution in [0.5, 0.6) is 0 Å². The van der Waals surface area contributed by atoms with Gasteiger partial charge in [0.05, 0.1) is 6.54 Å². The molecule has 0 unspecified atom stereocenters. The van der Waals surface area contributed by atoms with Crippen LogP contribution in [0.15, 0.2) is 18.5 Å². The van der Waals surface area contributed by atoms with Crippen molar-refractivity contribution >= 4 is 11.6 Å². The Morgan fingerprint density at radius 3 is 3.00 bits per heavy atom. The van der Waals surface area contributed by atoms with E-state index in [2.05, 4.69) is 36.7 Å². The summed E-state index contributed by atoms with van der Waals surface area (Å²) in [5.41, 5.74) is 0. The average molecular weight is 258 g/mol. The van der Waals surface area contributed by atoms with Crippen molar-refractivity contribution in [3.05, 3.63) is 30.1 Å². The van der Waals surface area contributed by atoms with Gasteiger partial charge >= 0.3 is 0 Å². The number of hydrogen-bond acceptors (Lipinski definition) is 5. The molecule has 0 saturated carbocycles. The van der Waals surface area contributed by atoms with E-state index in [4.69, 9.17) is 0 Å². The molecule has 3 rings (SSSR count). The molecule has 2 aromatic rings. The van der Waals surface area contributed by atoms with Gasteiger partial charge in [0.15, 0.2) is 0 Å². The maximum Gasteiger partial charge on any atom is 0.134 e. The number of aromatic nitrogens is 4. The summed E-state index contributed by atoms with van der Waals surface area (Å²) in [5, 5.41) is 3.10. The minimum atomic E-state index is 0.802. The third-order valence-corrected chi connectivity index (χ3v) is 3.40. The monoisotopic (exact) mass is 258 g/mol. The van der Waals surface area contributed by atoms with E-state index in [-0.39, 0.29) is 0 Å². The van der Waals surface area contributed by atoms with Crippen LogP contribution in [0.3, 0.4) is 0 Å². The summed E-state index contributed by atoms with van der Waals surface area (Å²) in [6, 6.07) is 2.00. The Morgan fingerprint density at radius 2 is 2.21 bits per heavy atom. The van der Waals surface area contributed by atoms with Gasteiger partial charge < -0.3 is 14.8 Å². The summed E-state index contributed by atoms with van der Waals surface area (Å²) in [5.74, 6) is 3.81. The molecule has 0 fully saturated rings. The summed E-state index contributed by atoms with van der Waals surface area (Å²) >= 11 is 0. The molecule has 19 heavy (non-hydrogen) atoms. The second-order valence-corrected chi connectivity index (χ2v) is 4.59. The smallest absolute Gasteiger partial charge is 0.134 e. The van der Waals surface area contributed by atoms with E-state index in [1.54, 1.807) is 0 Å². The summed E-state index contributed by atoms with van der Waals surface area (Å²) in [4.78, 5) is 15.7. The molecular formula is C13H18N6. The number of anilines is 2. The van der Waals surface area contributed by atoms with Crippen molar-refractivity contribution in [2.24, 2.45) is 0 Å². The molecule has 0 aliphatic carbocycles. The van der Waals surface area contributed by atoms with Gasteiger partial charge in [-0.2, -0.15) is 0 Å². The minimum Gasteiger partial charge on any atom is -0.373 e. The molecule has 6 nitrogen and oxygen atoms in total. The fraction of sp³-hybridized carbons (Fsp3) is 0.462. The molecule has 6 heteroatoms. The first-order chi connectivity index (χ1) is 9.30. The van der Waals surface area contributed by atoms with Gasteiger partial charge in [-0.25, -0.2) is 15.0 Å².